The second-order valence-corrected chi connectivity index (χ2v) is 6.68. The van der Waals surface area contributed by atoms with Crippen molar-refractivity contribution in [2.45, 2.75) is 38.4 Å². The summed E-state index contributed by atoms with van der Waals surface area (Å²) < 4.78 is 33.2. The first-order valence-corrected chi connectivity index (χ1v) is 9.00. The molecule has 1 saturated heterocycles. The smallest absolute Gasteiger partial charge is 0.387 e. The molecule has 0 spiro atoms. The molecular weight excluding hydrogens is 361 g/mol. The van der Waals surface area contributed by atoms with Gasteiger partial charge in [0, 0.05) is 0 Å². The summed E-state index contributed by atoms with van der Waals surface area (Å²) in [6.45, 7) is 2.93. The first kappa shape index (κ1) is 19.9. The van der Waals surface area contributed by atoms with Crippen LogP contribution < -0.4 is 11.2 Å². The Labute approximate surface area is 141 Å². The van der Waals surface area contributed by atoms with Gasteiger partial charge in [0.1, 0.15) is 24.5 Å². The maximum absolute atomic E-state index is 12.2. The summed E-state index contributed by atoms with van der Waals surface area (Å²) >= 11 is 0. The first-order chi connectivity index (χ1) is 11.8. The number of nitrogens with zero attached hydrogens (tertiary/aromatic N) is 2. The van der Waals surface area contributed by atoms with Gasteiger partial charge in [-0.2, -0.15) is 9.78 Å². The average Bonchev–Trinajstić information content (AvgIpc) is 2.82. The Morgan fingerprint density at radius 1 is 1.24 bits per heavy atom. The number of hydrogen-bond donors (Lipinski definition) is 3. The number of ether oxygens (including phenoxy) is 1. The molecule has 0 aliphatic carbocycles. The van der Waals surface area contributed by atoms with E-state index in [1.807, 2.05) is 4.98 Å². The third-order valence-corrected chi connectivity index (χ3v) is 4.90. The number of phosphoric acid groups is 1. The lowest BCUT2D eigenvalue weighted by Gasteiger charge is -2.20. The molecule has 0 bridgehead atoms. The van der Waals surface area contributed by atoms with Crippen molar-refractivity contribution in [1.29, 1.82) is 0 Å². The predicted molar refractivity (Wildman–Crippen MR) is 81.9 cm³/mol. The van der Waals surface area contributed by atoms with Gasteiger partial charge >= 0.3 is 13.5 Å². The van der Waals surface area contributed by atoms with Gasteiger partial charge in [0.25, 0.3) is 5.56 Å². The summed E-state index contributed by atoms with van der Waals surface area (Å²) in [5, 5.41) is 23.7. The number of aliphatic hydroxyl groups excluding tert-OH is 2. The van der Waals surface area contributed by atoms with Crippen LogP contribution in [0, 0.1) is 0 Å². The van der Waals surface area contributed by atoms with E-state index in [0.29, 0.717) is 4.68 Å². The lowest BCUT2D eigenvalue weighted by molar-refractivity contribution is -0.0626. The van der Waals surface area contributed by atoms with Crippen LogP contribution in [0.5, 0.6) is 0 Å². The van der Waals surface area contributed by atoms with Crippen molar-refractivity contribution in [3.05, 3.63) is 27.0 Å². The highest BCUT2D eigenvalue weighted by molar-refractivity contribution is 7.48. The van der Waals surface area contributed by atoms with Gasteiger partial charge in [-0.1, -0.05) is 0 Å². The van der Waals surface area contributed by atoms with Crippen molar-refractivity contribution in [1.82, 2.24) is 14.8 Å². The van der Waals surface area contributed by atoms with Crippen LogP contribution in [0.2, 0.25) is 0 Å². The molecule has 1 aromatic heterocycles. The second-order valence-electron chi connectivity index (χ2n) is 5.01. The van der Waals surface area contributed by atoms with Crippen molar-refractivity contribution >= 4 is 7.82 Å². The lowest BCUT2D eigenvalue weighted by Crippen LogP contribution is -2.39. The van der Waals surface area contributed by atoms with Crippen LogP contribution in [0.4, 0.5) is 0 Å². The van der Waals surface area contributed by atoms with Crippen LogP contribution >= 0.6 is 7.82 Å². The van der Waals surface area contributed by atoms with Crippen LogP contribution in [0.15, 0.2) is 15.8 Å². The zero-order chi connectivity index (χ0) is 18.6. The number of H-pyrrole nitrogens is 1. The van der Waals surface area contributed by atoms with E-state index in [-0.39, 0.29) is 13.2 Å². The summed E-state index contributed by atoms with van der Waals surface area (Å²) in [5.41, 5.74) is -1.64. The van der Waals surface area contributed by atoms with E-state index >= 15 is 0 Å². The molecule has 12 nitrogen and oxygen atoms in total. The maximum atomic E-state index is 12.2. The summed E-state index contributed by atoms with van der Waals surface area (Å²) in [7, 11) is -3.83. The van der Waals surface area contributed by atoms with Crippen LogP contribution in [0.1, 0.15) is 20.1 Å². The molecule has 1 aromatic rings. The Morgan fingerprint density at radius 2 is 1.88 bits per heavy atom. The van der Waals surface area contributed by atoms with E-state index in [1.165, 1.54) is 0 Å². The third kappa shape index (κ3) is 4.61. The number of aromatic amines is 1. The highest BCUT2D eigenvalue weighted by Gasteiger charge is 2.46. The first-order valence-electron chi connectivity index (χ1n) is 7.54. The molecule has 0 saturated carbocycles. The van der Waals surface area contributed by atoms with E-state index in [9.17, 15) is 24.4 Å². The topological polar surface area (TPSA) is 162 Å². The van der Waals surface area contributed by atoms with Crippen molar-refractivity contribution in [3.8, 4) is 0 Å². The van der Waals surface area contributed by atoms with E-state index in [2.05, 4.69) is 5.10 Å². The minimum atomic E-state index is -3.83. The van der Waals surface area contributed by atoms with Crippen molar-refractivity contribution in [3.63, 3.8) is 0 Å². The number of phosphoric ester groups is 1. The summed E-state index contributed by atoms with van der Waals surface area (Å²) in [6.07, 6.45) is -4.64. The fraction of sp³-hybridized carbons (Fsp3) is 0.750. The van der Waals surface area contributed by atoms with E-state index in [0.717, 1.165) is 6.20 Å². The summed E-state index contributed by atoms with van der Waals surface area (Å²) in [6, 6.07) is 0. The van der Waals surface area contributed by atoms with Crippen LogP contribution in [0.3, 0.4) is 0 Å². The van der Waals surface area contributed by atoms with E-state index < -0.39 is 50.2 Å². The lowest BCUT2D eigenvalue weighted by atomic mass is 10.1. The number of rotatable bonds is 8. The minimum absolute atomic E-state index is 0.0767. The highest BCUT2D eigenvalue weighted by Crippen LogP contribution is 2.49. The monoisotopic (exact) mass is 381 g/mol. The predicted octanol–water partition coefficient (Wildman–Crippen LogP) is -1.25. The fourth-order valence-electron chi connectivity index (χ4n) is 2.20. The van der Waals surface area contributed by atoms with Gasteiger partial charge in [-0.3, -0.25) is 23.3 Å². The van der Waals surface area contributed by atoms with E-state index in [1.54, 1.807) is 13.8 Å². The van der Waals surface area contributed by atoms with Gasteiger partial charge in [-0.05, 0) is 13.8 Å². The molecule has 1 fully saturated rings. The molecule has 13 heteroatoms. The number of hydrogen-bond acceptors (Lipinski definition) is 10. The Kier molecular flexibility index (Phi) is 6.63. The van der Waals surface area contributed by atoms with Crippen molar-refractivity contribution < 1.29 is 33.1 Å². The molecule has 25 heavy (non-hydrogen) atoms. The molecule has 1 aliphatic rings. The minimum Gasteiger partial charge on any atom is -0.387 e. The number of nitrogens with one attached hydrogen (secondary N) is 1. The van der Waals surface area contributed by atoms with Crippen LogP contribution in [-0.4, -0.2) is 63.1 Å². The molecule has 3 N–H and O–H groups in total. The molecule has 2 heterocycles. The standard InChI is InChI=1S/C12H20N3O9P/c1-3-21-25(20,22-4-2)23-6-7-9(17)10(18)11(24-7)15-12(19)14-8(16)5-13-15/h5,7,9-11,17-18H,3-4,6H2,1-2H3,(H,14,16,19). The zero-order valence-corrected chi connectivity index (χ0v) is 14.5. The van der Waals surface area contributed by atoms with Gasteiger partial charge < -0.3 is 14.9 Å². The maximum Gasteiger partial charge on any atom is 0.474 e. The molecular formula is C12H20N3O9P. The Bertz CT molecular complexity index is 725. The van der Waals surface area contributed by atoms with Crippen LogP contribution in [-0.2, 0) is 22.9 Å². The highest BCUT2D eigenvalue weighted by atomic mass is 31.2. The normalized spacial score (nSPS) is 26.9. The third-order valence-electron chi connectivity index (χ3n) is 3.29. The average molecular weight is 381 g/mol. The van der Waals surface area contributed by atoms with Crippen molar-refractivity contribution in [2.24, 2.45) is 0 Å². The van der Waals surface area contributed by atoms with Gasteiger partial charge in [-0.25, -0.2) is 9.36 Å². The molecule has 4 atom stereocenters. The van der Waals surface area contributed by atoms with Gasteiger partial charge in [0.15, 0.2) is 6.23 Å². The van der Waals surface area contributed by atoms with Gasteiger partial charge in [0.2, 0.25) is 0 Å². The molecule has 0 radical (unpaired) electrons. The SMILES string of the molecule is CCOP(=O)(OCC)OCC1OC(n2ncc(=O)[nH]c2=O)C(O)C1O. The van der Waals surface area contributed by atoms with E-state index in [4.69, 9.17) is 18.3 Å². The number of aliphatic hydroxyl groups is 2. The zero-order valence-electron chi connectivity index (χ0n) is 13.6. The summed E-state index contributed by atoms with van der Waals surface area (Å²) in [5.74, 6) is 0. The fourth-order valence-corrected chi connectivity index (χ4v) is 3.39. The molecule has 0 amide bonds. The molecule has 2 rings (SSSR count). The Balaban J connectivity index is 2.10. The summed E-state index contributed by atoms with van der Waals surface area (Å²) in [4.78, 5) is 24.7. The largest absolute Gasteiger partial charge is 0.474 e. The van der Waals surface area contributed by atoms with Crippen molar-refractivity contribution in [2.75, 3.05) is 19.8 Å². The Hall–Kier alpha value is -1.40. The quantitative estimate of drug-likeness (QED) is 0.464. The molecule has 142 valence electrons. The Morgan fingerprint density at radius 3 is 2.44 bits per heavy atom. The molecule has 0 aromatic carbocycles. The van der Waals surface area contributed by atoms with Crippen LogP contribution in [0.25, 0.3) is 0 Å². The second kappa shape index (κ2) is 8.32. The van der Waals surface area contributed by atoms with Gasteiger partial charge in [-0.15, -0.1) is 0 Å². The molecule has 1 aliphatic heterocycles. The van der Waals surface area contributed by atoms with Gasteiger partial charge in [0.05, 0.1) is 19.8 Å². The number of aromatic nitrogens is 3. The molecule has 4 unspecified atom stereocenters.